The van der Waals surface area contributed by atoms with E-state index >= 15 is 0 Å². The van der Waals surface area contributed by atoms with Crippen LogP contribution in [0.5, 0.6) is 0 Å². The molecule has 1 unspecified atom stereocenters. The first-order valence-corrected chi connectivity index (χ1v) is 9.98. The Morgan fingerprint density at radius 2 is 1.96 bits per heavy atom. The number of sulfone groups is 1. The second kappa shape index (κ2) is 10.9. The summed E-state index contributed by atoms with van der Waals surface area (Å²) in [6, 6.07) is 6.53. The van der Waals surface area contributed by atoms with Crippen molar-refractivity contribution in [2.45, 2.75) is 39.7 Å². The molecule has 0 aliphatic carbocycles. The second-order valence-electron chi connectivity index (χ2n) is 6.14. The number of benzene rings is 1. The monoisotopic (exact) mass is 467 g/mol. The Balaban J connectivity index is 0.00000529. The van der Waals surface area contributed by atoms with Gasteiger partial charge < -0.3 is 10.6 Å². The molecule has 0 radical (unpaired) electrons. The number of nitrogens with zero attached hydrogens (tertiary/aromatic N) is 1. The number of hydrogen-bond donors (Lipinski definition) is 2. The Hall–Kier alpha value is -0.830. The van der Waals surface area contributed by atoms with Gasteiger partial charge in [-0.25, -0.2) is 8.42 Å². The van der Waals surface area contributed by atoms with Crippen molar-refractivity contribution in [3.8, 4) is 0 Å². The fourth-order valence-corrected chi connectivity index (χ4v) is 3.11. The summed E-state index contributed by atoms with van der Waals surface area (Å²) in [5, 5.41) is 6.50. The number of aliphatic imine (C=N–C) groups is 1. The van der Waals surface area contributed by atoms with Crippen molar-refractivity contribution < 1.29 is 8.42 Å². The van der Waals surface area contributed by atoms with Crippen molar-refractivity contribution >= 4 is 39.8 Å². The smallest absolute Gasteiger partial charge is 0.191 e. The average molecular weight is 467 g/mol. The molecule has 0 aliphatic rings. The number of nitrogens with one attached hydrogen (secondary N) is 2. The number of guanidine groups is 1. The number of hydrogen-bond acceptors (Lipinski definition) is 3. The molecule has 1 aromatic carbocycles. The lowest BCUT2D eigenvalue weighted by molar-refractivity contribution is 0.581. The van der Waals surface area contributed by atoms with Gasteiger partial charge in [-0.2, -0.15) is 0 Å². The Morgan fingerprint density at radius 3 is 2.50 bits per heavy atom. The zero-order valence-electron chi connectivity index (χ0n) is 15.2. The minimum Gasteiger partial charge on any atom is -0.356 e. The molecular weight excluding hydrogens is 437 g/mol. The molecule has 1 rings (SSSR count). The summed E-state index contributed by atoms with van der Waals surface area (Å²) >= 11 is 0. The average Bonchev–Trinajstić information content (AvgIpc) is 2.45. The van der Waals surface area contributed by atoms with Crippen LogP contribution >= 0.6 is 24.0 Å². The Morgan fingerprint density at radius 1 is 1.29 bits per heavy atom. The van der Waals surface area contributed by atoms with Crippen LogP contribution in [0.15, 0.2) is 23.2 Å². The lowest BCUT2D eigenvalue weighted by Gasteiger charge is -2.18. The lowest BCUT2D eigenvalue weighted by Crippen LogP contribution is -2.43. The Labute approximate surface area is 163 Å². The number of rotatable bonds is 7. The molecule has 0 aromatic heterocycles. The van der Waals surface area contributed by atoms with Crippen molar-refractivity contribution in [3.05, 3.63) is 34.9 Å². The normalized spacial score (nSPS) is 13.1. The predicted octanol–water partition coefficient (Wildman–Crippen LogP) is 2.45. The van der Waals surface area contributed by atoms with Gasteiger partial charge in [-0.3, -0.25) is 4.99 Å². The lowest BCUT2D eigenvalue weighted by atomic mass is 10.0. The van der Waals surface area contributed by atoms with E-state index < -0.39 is 9.84 Å². The topological polar surface area (TPSA) is 70.6 Å². The summed E-state index contributed by atoms with van der Waals surface area (Å²) in [6.07, 6.45) is 2.75. The van der Waals surface area contributed by atoms with Crippen LogP contribution in [0, 0.1) is 13.8 Å². The van der Waals surface area contributed by atoms with Gasteiger partial charge in [-0.05, 0) is 44.7 Å². The molecule has 1 aromatic rings. The molecule has 0 heterocycles. The van der Waals surface area contributed by atoms with E-state index in [0.717, 1.165) is 13.0 Å². The highest BCUT2D eigenvalue weighted by atomic mass is 127. The van der Waals surface area contributed by atoms with Gasteiger partial charge in [0.1, 0.15) is 9.84 Å². The van der Waals surface area contributed by atoms with Gasteiger partial charge in [0.15, 0.2) is 5.96 Å². The van der Waals surface area contributed by atoms with Crippen LogP contribution in [0.3, 0.4) is 0 Å². The maximum Gasteiger partial charge on any atom is 0.191 e. The van der Waals surface area contributed by atoms with Crippen molar-refractivity contribution in [1.29, 1.82) is 0 Å². The number of halogens is 1. The minimum atomic E-state index is -2.92. The van der Waals surface area contributed by atoms with E-state index in [9.17, 15) is 8.42 Å². The molecule has 1 atom stereocenters. The van der Waals surface area contributed by atoms with E-state index in [-0.39, 0.29) is 35.8 Å². The van der Waals surface area contributed by atoms with Gasteiger partial charge in [0.2, 0.25) is 0 Å². The van der Waals surface area contributed by atoms with E-state index in [1.54, 1.807) is 7.05 Å². The van der Waals surface area contributed by atoms with Gasteiger partial charge >= 0.3 is 0 Å². The summed E-state index contributed by atoms with van der Waals surface area (Å²) in [7, 11) is -1.21. The summed E-state index contributed by atoms with van der Waals surface area (Å²) in [4.78, 5) is 4.19. The van der Waals surface area contributed by atoms with Crippen molar-refractivity contribution in [2.24, 2.45) is 4.99 Å². The zero-order valence-corrected chi connectivity index (χ0v) is 18.4. The van der Waals surface area contributed by atoms with Crippen LogP contribution in [0.25, 0.3) is 0 Å². The third kappa shape index (κ3) is 9.46. The third-order valence-corrected chi connectivity index (χ3v) is 4.69. The number of aryl methyl sites for hydroxylation is 2. The van der Waals surface area contributed by atoms with Gasteiger partial charge in [0, 0.05) is 25.9 Å². The summed E-state index contributed by atoms with van der Waals surface area (Å²) < 4.78 is 22.4. The molecule has 0 bridgehead atoms. The molecule has 5 nitrogen and oxygen atoms in total. The van der Waals surface area contributed by atoms with Crippen LogP contribution in [0.4, 0.5) is 0 Å². The standard InChI is InChI=1S/C17H29N3O2S.HI/c1-13-6-7-16(14(2)12-13)8-10-19-17(18-4)20-15(3)9-11-23(5,21)22;/h6-7,12,15H,8-11H2,1-5H3,(H2,18,19,20);1H. The largest absolute Gasteiger partial charge is 0.356 e. The van der Waals surface area contributed by atoms with Gasteiger partial charge in [0.25, 0.3) is 0 Å². The van der Waals surface area contributed by atoms with Gasteiger partial charge in [-0.1, -0.05) is 23.8 Å². The summed E-state index contributed by atoms with van der Waals surface area (Å²) in [5.41, 5.74) is 3.90. The zero-order chi connectivity index (χ0) is 17.5. The molecule has 0 saturated heterocycles. The van der Waals surface area contributed by atoms with Gasteiger partial charge in [-0.15, -0.1) is 24.0 Å². The fourth-order valence-electron chi connectivity index (χ4n) is 2.33. The van der Waals surface area contributed by atoms with E-state index in [0.29, 0.717) is 12.4 Å². The van der Waals surface area contributed by atoms with Crippen molar-refractivity contribution in [3.63, 3.8) is 0 Å². The fraction of sp³-hybridized carbons (Fsp3) is 0.588. The molecule has 2 N–H and O–H groups in total. The van der Waals surface area contributed by atoms with Crippen molar-refractivity contribution in [1.82, 2.24) is 10.6 Å². The molecular formula is C17H30IN3O2S. The van der Waals surface area contributed by atoms with Crippen LogP contribution < -0.4 is 10.6 Å². The van der Waals surface area contributed by atoms with Crippen LogP contribution in [-0.4, -0.2) is 46.0 Å². The second-order valence-corrected chi connectivity index (χ2v) is 8.40. The Kier molecular flexibility index (Phi) is 10.5. The predicted molar refractivity (Wildman–Crippen MR) is 113 cm³/mol. The molecule has 0 aliphatic heterocycles. The summed E-state index contributed by atoms with van der Waals surface area (Å²) in [5.74, 6) is 0.886. The van der Waals surface area contributed by atoms with E-state index in [2.05, 4.69) is 47.7 Å². The Bertz CT molecular complexity index is 645. The molecule has 24 heavy (non-hydrogen) atoms. The van der Waals surface area contributed by atoms with Crippen LogP contribution in [0.1, 0.15) is 30.0 Å². The molecule has 0 amide bonds. The van der Waals surface area contributed by atoms with E-state index in [1.165, 1.54) is 22.9 Å². The highest BCUT2D eigenvalue weighted by Gasteiger charge is 2.09. The first kappa shape index (κ1) is 23.2. The molecule has 7 heteroatoms. The molecule has 0 fully saturated rings. The van der Waals surface area contributed by atoms with Crippen molar-refractivity contribution in [2.75, 3.05) is 25.6 Å². The first-order chi connectivity index (χ1) is 10.7. The quantitative estimate of drug-likeness (QED) is 0.367. The highest BCUT2D eigenvalue weighted by Crippen LogP contribution is 2.10. The van der Waals surface area contributed by atoms with Crippen LogP contribution in [-0.2, 0) is 16.3 Å². The van der Waals surface area contributed by atoms with Crippen LogP contribution in [0.2, 0.25) is 0 Å². The van der Waals surface area contributed by atoms with Gasteiger partial charge in [0.05, 0.1) is 5.75 Å². The molecule has 0 spiro atoms. The summed E-state index contributed by atoms with van der Waals surface area (Å²) in [6.45, 7) is 6.96. The highest BCUT2D eigenvalue weighted by molar-refractivity contribution is 14.0. The molecule has 138 valence electrons. The van der Waals surface area contributed by atoms with E-state index in [1.807, 2.05) is 6.92 Å². The third-order valence-electron chi connectivity index (χ3n) is 3.71. The SMILES string of the molecule is CN=C(NCCc1ccc(C)cc1C)NC(C)CCS(C)(=O)=O.I. The maximum atomic E-state index is 11.2. The van der Waals surface area contributed by atoms with E-state index in [4.69, 9.17) is 0 Å². The maximum absolute atomic E-state index is 11.2. The first-order valence-electron chi connectivity index (χ1n) is 7.92. The minimum absolute atomic E-state index is 0. The molecule has 0 saturated carbocycles.